The zero-order valence-corrected chi connectivity index (χ0v) is 11.3. The molecular weight excluding hydrogens is 303 g/mol. The average Bonchev–Trinajstić information content (AvgIpc) is 2.91. The number of carboxylic acid groups (broad SMARTS) is 1. The molecule has 2 heterocycles. The molecule has 0 aromatic carbocycles. The zero-order chi connectivity index (χ0) is 15.5. The fraction of sp³-hybridized carbons (Fsp3) is 0.182. The molecule has 0 radical (unpaired) electrons. The number of nitrogens with one attached hydrogen (secondary N) is 2. The van der Waals surface area contributed by atoms with Crippen LogP contribution in [0.1, 0.15) is 5.69 Å². The molecule has 2 rings (SSSR count). The third-order valence-electron chi connectivity index (χ3n) is 2.55. The van der Waals surface area contributed by atoms with E-state index < -0.39 is 32.9 Å². The molecule has 0 saturated carbocycles. The number of hydrogen-bond donors (Lipinski definition) is 3. The highest BCUT2D eigenvalue weighted by molar-refractivity contribution is 7.89. The van der Waals surface area contributed by atoms with E-state index in [0.29, 0.717) is 5.69 Å². The first-order valence-corrected chi connectivity index (χ1v) is 7.21. The molecule has 0 spiro atoms. The number of hydrogen-bond acceptors (Lipinski definition) is 5. The van der Waals surface area contributed by atoms with Crippen molar-refractivity contribution in [1.82, 2.24) is 19.7 Å². The summed E-state index contributed by atoms with van der Waals surface area (Å²) >= 11 is 0. The van der Waals surface area contributed by atoms with Crippen LogP contribution in [0.15, 0.2) is 35.9 Å². The van der Waals surface area contributed by atoms with Crippen LogP contribution in [0.2, 0.25) is 0 Å². The Morgan fingerprint density at radius 1 is 1.52 bits per heavy atom. The summed E-state index contributed by atoms with van der Waals surface area (Å²) in [6, 6.07) is 0.678. The van der Waals surface area contributed by atoms with Crippen molar-refractivity contribution in [3.05, 3.63) is 42.4 Å². The van der Waals surface area contributed by atoms with Crippen molar-refractivity contribution in [2.45, 2.75) is 17.5 Å². The van der Waals surface area contributed by atoms with E-state index in [-0.39, 0.29) is 6.42 Å². The van der Waals surface area contributed by atoms with Gasteiger partial charge in [-0.3, -0.25) is 4.79 Å². The SMILES string of the molecule is O=C(O)C(Cc1cnc[nH]1)NS(=O)(=O)c1ncccc1F. The number of aromatic amines is 1. The first-order valence-electron chi connectivity index (χ1n) is 5.73. The van der Waals surface area contributed by atoms with Gasteiger partial charge in [0.25, 0.3) is 10.0 Å². The molecule has 112 valence electrons. The fourth-order valence-electron chi connectivity index (χ4n) is 1.61. The summed E-state index contributed by atoms with van der Waals surface area (Å²) in [6.07, 6.45) is 3.64. The summed E-state index contributed by atoms with van der Waals surface area (Å²) in [5.41, 5.74) is 0.423. The van der Waals surface area contributed by atoms with E-state index in [1.807, 2.05) is 4.72 Å². The van der Waals surface area contributed by atoms with E-state index in [0.717, 1.165) is 12.3 Å². The molecule has 0 aliphatic carbocycles. The minimum Gasteiger partial charge on any atom is -0.480 e. The van der Waals surface area contributed by atoms with Crippen LogP contribution in [0.5, 0.6) is 0 Å². The highest BCUT2D eigenvalue weighted by Crippen LogP contribution is 2.11. The topological polar surface area (TPSA) is 125 Å². The summed E-state index contributed by atoms with van der Waals surface area (Å²) in [6.45, 7) is 0. The number of pyridine rings is 1. The van der Waals surface area contributed by atoms with Crippen LogP contribution >= 0.6 is 0 Å². The molecule has 3 N–H and O–H groups in total. The number of sulfonamides is 1. The molecule has 21 heavy (non-hydrogen) atoms. The number of carboxylic acids is 1. The monoisotopic (exact) mass is 314 g/mol. The van der Waals surface area contributed by atoms with Crippen LogP contribution < -0.4 is 4.72 Å². The van der Waals surface area contributed by atoms with Gasteiger partial charge in [0.2, 0.25) is 5.03 Å². The first kappa shape index (κ1) is 15.1. The summed E-state index contributed by atoms with van der Waals surface area (Å²) in [5.74, 6) is -2.46. The van der Waals surface area contributed by atoms with Crippen LogP contribution in [0.3, 0.4) is 0 Å². The molecule has 0 aliphatic rings. The van der Waals surface area contributed by atoms with Crippen LogP contribution in [0.25, 0.3) is 0 Å². The predicted octanol–water partition coefficient (Wildman–Crippen LogP) is -0.0820. The van der Waals surface area contributed by atoms with Crippen molar-refractivity contribution < 1.29 is 22.7 Å². The van der Waals surface area contributed by atoms with E-state index in [1.54, 1.807) is 0 Å². The minimum atomic E-state index is -4.39. The number of halogens is 1. The van der Waals surface area contributed by atoms with Gasteiger partial charge in [0, 0.05) is 24.5 Å². The Labute approximate surface area is 119 Å². The Kier molecular flexibility index (Phi) is 4.29. The van der Waals surface area contributed by atoms with Crippen molar-refractivity contribution in [3.63, 3.8) is 0 Å². The summed E-state index contributed by atoms with van der Waals surface area (Å²) in [7, 11) is -4.39. The summed E-state index contributed by atoms with van der Waals surface area (Å²) in [5, 5.41) is 8.23. The molecule has 0 saturated heterocycles. The Bertz CT molecular complexity index is 732. The van der Waals surface area contributed by atoms with Gasteiger partial charge >= 0.3 is 5.97 Å². The largest absolute Gasteiger partial charge is 0.480 e. The van der Waals surface area contributed by atoms with Crippen molar-refractivity contribution in [3.8, 4) is 0 Å². The minimum absolute atomic E-state index is 0.164. The summed E-state index contributed by atoms with van der Waals surface area (Å²) in [4.78, 5) is 20.9. The van der Waals surface area contributed by atoms with Crippen molar-refractivity contribution >= 4 is 16.0 Å². The number of carbonyl (C=O) groups is 1. The number of nitrogens with zero attached hydrogens (tertiary/aromatic N) is 2. The molecule has 0 amide bonds. The lowest BCUT2D eigenvalue weighted by Crippen LogP contribution is -2.42. The molecule has 8 nitrogen and oxygen atoms in total. The molecule has 0 bridgehead atoms. The standard InChI is InChI=1S/C11H11FN4O4S/c12-8-2-1-3-14-10(8)21(19,20)16-9(11(17)18)4-7-5-13-6-15-7/h1-3,5-6,9,16H,4H2,(H,13,15)(H,17,18). The van der Waals surface area contributed by atoms with Gasteiger partial charge in [-0.05, 0) is 12.1 Å². The second-order valence-electron chi connectivity index (χ2n) is 4.08. The second-order valence-corrected chi connectivity index (χ2v) is 5.71. The van der Waals surface area contributed by atoms with Crippen LogP contribution in [-0.2, 0) is 21.2 Å². The van der Waals surface area contributed by atoms with Crippen LogP contribution in [0.4, 0.5) is 4.39 Å². The fourth-order valence-corrected chi connectivity index (χ4v) is 2.80. The van der Waals surface area contributed by atoms with Gasteiger partial charge in [-0.2, -0.15) is 4.72 Å². The van der Waals surface area contributed by atoms with Gasteiger partial charge in [0.15, 0.2) is 5.82 Å². The van der Waals surface area contributed by atoms with Crippen molar-refractivity contribution in [1.29, 1.82) is 0 Å². The molecule has 1 atom stereocenters. The quantitative estimate of drug-likeness (QED) is 0.685. The highest BCUT2D eigenvalue weighted by atomic mass is 32.2. The smallest absolute Gasteiger partial charge is 0.322 e. The van der Waals surface area contributed by atoms with E-state index in [2.05, 4.69) is 15.0 Å². The van der Waals surface area contributed by atoms with E-state index in [9.17, 15) is 17.6 Å². The van der Waals surface area contributed by atoms with Crippen molar-refractivity contribution in [2.75, 3.05) is 0 Å². The van der Waals surface area contributed by atoms with Gasteiger partial charge < -0.3 is 10.1 Å². The number of aromatic nitrogens is 3. The van der Waals surface area contributed by atoms with Crippen molar-refractivity contribution in [2.24, 2.45) is 0 Å². The zero-order valence-electron chi connectivity index (χ0n) is 10.5. The first-order chi connectivity index (χ1) is 9.90. The van der Waals surface area contributed by atoms with E-state index >= 15 is 0 Å². The third kappa shape index (κ3) is 3.61. The number of rotatable bonds is 6. The Morgan fingerprint density at radius 3 is 2.86 bits per heavy atom. The molecule has 0 aliphatic heterocycles. The van der Waals surface area contributed by atoms with Crippen LogP contribution in [-0.4, -0.2) is 40.5 Å². The normalized spacial score (nSPS) is 13.0. The number of aliphatic carboxylic acids is 1. The number of H-pyrrole nitrogens is 1. The molecule has 10 heteroatoms. The average molecular weight is 314 g/mol. The van der Waals surface area contributed by atoms with Gasteiger partial charge in [-0.1, -0.05) is 0 Å². The predicted molar refractivity (Wildman–Crippen MR) is 68.2 cm³/mol. The Morgan fingerprint density at radius 2 is 2.29 bits per heavy atom. The number of imidazole rings is 1. The molecular formula is C11H11FN4O4S. The molecule has 2 aromatic heterocycles. The lowest BCUT2D eigenvalue weighted by atomic mass is 10.2. The second kappa shape index (κ2) is 5.97. The van der Waals surface area contributed by atoms with E-state index in [1.165, 1.54) is 18.6 Å². The molecule has 1 unspecified atom stereocenters. The van der Waals surface area contributed by atoms with Gasteiger partial charge in [0.05, 0.1) is 6.33 Å². The third-order valence-corrected chi connectivity index (χ3v) is 3.96. The Hall–Kier alpha value is -2.33. The highest BCUT2D eigenvalue weighted by Gasteiger charge is 2.28. The van der Waals surface area contributed by atoms with E-state index in [4.69, 9.17) is 5.11 Å². The maximum Gasteiger partial charge on any atom is 0.322 e. The maximum atomic E-state index is 13.5. The van der Waals surface area contributed by atoms with Gasteiger partial charge in [-0.15, -0.1) is 0 Å². The molecule has 2 aromatic rings. The summed E-state index contributed by atoms with van der Waals surface area (Å²) < 4.78 is 39.4. The lowest BCUT2D eigenvalue weighted by molar-refractivity contribution is -0.138. The lowest BCUT2D eigenvalue weighted by Gasteiger charge is -2.13. The molecule has 0 fully saturated rings. The van der Waals surface area contributed by atoms with Gasteiger partial charge in [0.1, 0.15) is 6.04 Å². The van der Waals surface area contributed by atoms with Gasteiger partial charge in [-0.25, -0.2) is 22.8 Å². The van der Waals surface area contributed by atoms with Crippen LogP contribution in [0, 0.1) is 5.82 Å². The maximum absolute atomic E-state index is 13.5. The Balaban J connectivity index is 2.24.